The minimum absolute atomic E-state index is 0.759. The molecule has 0 saturated heterocycles. The van der Waals surface area contributed by atoms with Crippen molar-refractivity contribution in [3.05, 3.63) is 106 Å². The fourth-order valence-corrected chi connectivity index (χ4v) is 5.05. The number of benzene rings is 2. The van der Waals surface area contributed by atoms with Gasteiger partial charge in [0.15, 0.2) is 0 Å². The molecule has 0 aliphatic heterocycles. The van der Waals surface area contributed by atoms with Crippen LogP contribution in [0, 0.1) is 12.8 Å². The first-order valence-corrected chi connectivity index (χ1v) is 18.6. The zero-order valence-corrected chi connectivity index (χ0v) is 34.8. The predicted molar refractivity (Wildman–Crippen MR) is 222 cm³/mol. The first kappa shape index (κ1) is 46.9. The second-order valence-electron chi connectivity index (χ2n) is 12.1. The molecule has 1 aliphatic rings. The van der Waals surface area contributed by atoms with Crippen molar-refractivity contribution in [2.45, 2.75) is 114 Å². The van der Waals surface area contributed by atoms with Crippen LogP contribution in [0.4, 0.5) is 4.39 Å². The van der Waals surface area contributed by atoms with E-state index in [1.54, 1.807) is 6.92 Å². The zero-order chi connectivity index (χ0) is 36.7. The molecule has 0 N–H and O–H groups in total. The van der Waals surface area contributed by atoms with E-state index in [0.29, 0.717) is 0 Å². The van der Waals surface area contributed by atoms with Crippen LogP contribution in [0.25, 0.3) is 5.57 Å². The van der Waals surface area contributed by atoms with Crippen molar-refractivity contribution in [2.24, 2.45) is 10.9 Å². The van der Waals surface area contributed by atoms with E-state index in [1.165, 1.54) is 47.8 Å². The third-order valence-corrected chi connectivity index (χ3v) is 7.90. The first-order chi connectivity index (χ1) is 22.1. The molecule has 1 fully saturated rings. The van der Waals surface area contributed by atoms with Crippen LogP contribution in [0.5, 0.6) is 0 Å². The van der Waals surface area contributed by atoms with E-state index in [4.69, 9.17) is 4.99 Å². The van der Waals surface area contributed by atoms with Crippen LogP contribution in [0.3, 0.4) is 0 Å². The number of halogens is 1. The summed E-state index contributed by atoms with van der Waals surface area (Å²) in [6, 6.07) is 14.4. The number of aryl methyl sites for hydroxylation is 2. The van der Waals surface area contributed by atoms with Gasteiger partial charge < -0.3 is 4.90 Å². The second-order valence-corrected chi connectivity index (χ2v) is 13.8. The van der Waals surface area contributed by atoms with Gasteiger partial charge in [0.1, 0.15) is 5.41 Å². The number of alkyl halides is 1. The SMILES string of the molecule is C=C(C)C(/N=C(C)/C=C\C=C(/C)C1CC1)=C(/C)c1ccc(P)cc1.CC.CC.CCCN(C)C.CCc1ccc(C(C)(F)P)c(C)c1. The third kappa shape index (κ3) is 20.7. The highest BCUT2D eigenvalue weighted by Gasteiger charge is 2.22. The van der Waals surface area contributed by atoms with Crippen molar-refractivity contribution in [3.63, 3.8) is 0 Å². The maximum absolute atomic E-state index is 13.6. The lowest BCUT2D eigenvalue weighted by Crippen LogP contribution is -2.11. The van der Waals surface area contributed by atoms with Crippen molar-refractivity contribution >= 4 is 35.1 Å². The molecule has 3 unspecified atom stereocenters. The van der Waals surface area contributed by atoms with Gasteiger partial charge in [-0.15, -0.1) is 9.24 Å². The summed E-state index contributed by atoms with van der Waals surface area (Å²) in [5, 5.41) is -0.125. The van der Waals surface area contributed by atoms with Gasteiger partial charge in [0, 0.05) is 5.71 Å². The van der Waals surface area contributed by atoms with Crippen LogP contribution in [-0.2, 0) is 11.8 Å². The fraction of sp³-hybridized carbons (Fsp3) is 0.500. The minimum Gasteiger partial charge on any atom is -0.309 e. The van der Waals surface area contributed by atoms with Crippen LogP contribution in [0.2, 0.25) is 0 Å². The molecule has 2 aromatic rings. The lowest BCUT2D eigenvalue weighted by atomic mass is 10.0. The molecular weight excluding hydrogens is 613 g/mol. The summed E-state index contributed by atoms with van der Waals surface area (Å²) >= 11 is 0. The van der Waals surface area contributed by atoms with Crippen molar-refractivity contribution in [1.82, 2.24) is 4.90 Å². The number of hydrogen-bond donors (Lipinski definition) is 0. The Kier molecular flexibility index (Phi) is 25.8. The van der Waals surface area contributed by atoms with Gasteiger partial charge in [-0.25, -0.2) is 4.39 Å². The quantitative estimate of drug-likeness (QED) is 0.138. The summed E-state index contributed by atoms with van der Waals surface area (Å²) in [4.78, 5) is 6.99. The average molecular weight is 683 g/mol. The lowest BCUT2D eigenvalue weighted by molar-refractivity contribution is 0.322. The molecule has 3 atom stereocenters. The van der Waals surface area contributed by atoms with Gasteiger partial charge in [0.05, 0.1) is 5.70 Å². The van der Waals surface area contributed by atoms with Gasteiger partial charge in [-0.1, -0.05) is 118 Å². The Morgan fingerprint density at radius 3 is 1.94 bits per heavy atom. The third-order valence-electron chi connectivity index (χ3n) is 7.21. The number of nitrogens with zero attached hydrogens (tertiary/aromatic N) is 2. The van der Waals surface area contributed by atoms with Crippen molar-refractivity contribution in [1.29, 1.82) is 0 Å². The van der Waals surface area contributed by atoms with E-state index in [2.05, 4.69) is 120 Å². The lowest BCUT2D eigenvalue weighted by Gasteiger charge is -2.17. The van der Waals surface area contributed by atoms with E-state index >= 15 is 0 Å². The molecule has 1 aliphatic carbocycles. The molecular formula is C42H69FN2P2. The number of rotatable bonds is 10. The maximum atomic E-state index is 13.6. The highest BCUT2D eigenvalue weighted by atomic mass is 31.0. The second kappa shape index (κ2) is 25.8. The Bertz CT molecular complexity index is 1290. The average Bonchev–Trinajstić information content (AvgIpc) is 3.88. The van der Waals surface area contributed by atoms with Gasteiger partial charge in [0.2, 0.25) is 0 Å². The van der Waals surface area contributed by atoms with Gasteiger partial charge in [-0.3, -0.25) is 4.99 Å². The fourth-order valence-electron chi connectivity index (χ4n) is 4.54. The topological polar surface area (TPSA) is 15.6 Å². The highest BCUT2D eigenvalue weighted by molar-refractivity contribution is 7.27. The molecule has 47 heavy (non-hydrogen) atoms. The Hall–Kier alpha value is -2.18. The molecule has 0 bridgehead atoms. The maximum Gasteiger partial charge on any atom is 0.146 e. The van der Waals surface area contributed by atoms with Crippen LogP contribution in [0.1, 0.15) is 118 Å². The summed E-state index contributed by atoms with van der Waals surface area (Å²) in [6.07, 6.45) is 11.4. The number of hydrogen-bond acceptors (Lipinski definition) is 2. The summed E-state index contributed by atoms with van der Waals surface area (Å²) in [5.41, 5.74) is 9.81. The minimum atomic E-state index is -1.31. The Morgan fingerprint density at radius 2 is 1.55 bits per heavy atom. The summed E-state index contributed by atoms with van der Waals surface area (Å²) in [6.45, 7) is 29.5. The van der Waals surface area contributed by atoms with E-state index < -0.39 is 5.41 Å². The summed E-state index contributed by atoms with van der Waals surface area (Å²) < 4.78 is 13.6. The summed E-state index contributed by atoms with van der Waals surface area (Å²) in [7, 11) is 9.12. The number of aliphatic imine (C=N–C) groups is 1. The van der Waals surface area contributed by atoms with Crippen LogP contribution in [-0.4, -0.2) is 31.3 Å². The van der Waals surface area contributed by atoms with Gasteiger partial charge in [0.25, 0.3) is 0 Å². The molecule has 2 aromatic carbocycles. The van der Waals surface area contributed by atoms with Crippen molar-refractivity contribution < 1.29 is 4.39 Å². The molecule has 2 nitrogen and oxygen atoms in total. The van der Waals surface area contributed by atoms with Crippen LogP contribution < -0.4 is 5.30 Å². The molecule has 0 amide bonds. The first-order valence-electron chi connectivity index (χ1n) is 17.5. The monoisotopic (exact) mass is 682 g/mol. The Labute approximate surface area is 295 Å². The highest BCUT2D eigenvalue weighted by Crippen LogP contribution is 2.36. The van der Waals surface area contributed by atoms with E-state index in [0.717, 1.165) is 46.0 Å². The smallest absolute Gasteiger partial charge is 0.146 e. The molecule has 0 aromatic heterocycles. The van der Waals surface area contributed by atoms with Gasteiger partial charge in [-0.2, -0.15) is 0 Å². The van der Waals surface area contributed by atoms with E-state index in [9.17, 15) is 4.39 Å². The van der Waals surface area contributed by atoms with Crippen molar-refractivity contribution in [2.75, 3.05) is 20.6 Å². The van der Waals surface area contributed by atoms with E-state index in [-0.39, 0.29) is 0 Å². The van der Waals surface area contributed by atoms with Gasteiger partial charge >= 0.3 is 0 Å². The van der Waals surface area contributed by atoms with Crippen molar-refractivity contribution in [3.8, 4) is 0 Å². The predicted octanol–water partition coefficient (Wildman–Crippen LogP) is 12.5. The normalized spacial score (nSPS) is 14.6. The molecule has 0 heterocycles. The summed E-state index contributed by atoms with van der Waals surface area (Å²) in [5.74, 6) is 0.819. The van der Waals surface area contributed by atoms with Gasteiger partial charge in [-0.05, 0) is 139 Å². The number of allylic oxidation sites excluding steroid dienone is 6. The van der Waals surface area contributed by atoms with E-state index in [1.807, 2.05) is 60.6 Å². The largest absolute Gasteiger partial charge is 0.309 e. The molecule has 0 radical (unpaired) electrons. The standard InChI is InChI=1S/C22H28NP.C11H16FP.C5H13N.2C2H6/c1-15(2)22(18(5)20-11-13-21(24)14-12-20)23-17(4)8-6-7-16(3)19-9-10-19;1-4-9-5-6-10(8(2)7-9)11(3,12)13;1-4-5-6(2)3;2*1-2/h6-8,11-14,19H,1,9-10,24H2,2-5H3;5-7H,4,13H2,1-3H3;4-5H2,1-3H3;2*1-2H3/b8-6-,16-7+,22-18+,23-17+;;;;. The molecule has 1 saturated carbocycles. The molecule has 5 heteroatoms. The van der Waals surface area contributed by atoms with Crippen LogP contribution >= 0.6 is 18.5 Å². The Balaban J connectivity index is 0. The molecule has 264 valence electrons. The van der Waals surface area contributed by atoms with Crippen LogP contribution in [0.15, 0.2) is 89.1 Å². The zero-order valence-electron chi connectivity index (χ0n) is 32.5. The molecule has 0 spiro atoms. The Morgan fingerprint density at radius 1 is 1.00 bits per heavy atom. The molecule has 3 rings (SSSR count).